The van der Waals surface area contributed by atoms with Gasteiger partial charge in [0.2, 0.25) is 5.91 Å². The topological polar surface area (TPSA) is 45.2 Å². The Hall–Kier alpha value is -1.10. The summed E-state index contributed by atoms with van der Waals surface area (Å²) in [6.45, 7) is 0.665. The Kier molecular flexibility index (Phi) is 4.45. The van der Waals surface area contributed by atoms with Gasteiger partial charge >= 0.3 is 0 Å². The first-order valence-corrected chi connectivity index (χ1v) is 7.40. The van der Waals surface area contributed by atoms with Gasteiger partial charge in [-0.15, -0.1) is 0 Å². The molecule has 0 bridgehead atoms. The molecule has 1 fully saturated rings. The molecule has 1 aliphatic carbocycles. The molecule has 4 nitrogen and oxygen atoms in total. The first-order chi connectivity index (χ1) is 9.03. The molecule has 1 aromatic heterocycles. The molecule has 0 unspecified atom stereocenters. The van der Waals surface area contributed by atoms with Crippen LogP contribution in [0.15, 0.2) is 22.8 Å². The molecule has 1 saturated carbocycles. The maximum atomic E-state index is 12.4. The normalized spacial score (nSPS) is 17.2. The Morgan fingerprint density at radius 1 is 1.42 bits per heavy atom. The smallest absolute Gasteiger partial charge is 0.230 e. The second kappa shape index (κ2) is 5.90. The molecule has 2 rings (SSSR count). The molecule has 0 atom stereocenters. The number of hydrogen-bond acceptors (Lipinski definition) is 3. The number of hydrogen-bond donors (Lipinski definition) is 1. The minimum absolute atomic E-state index is 0.231. The lowest BCUT2D eigenvalue weighted by atomic mass is 9.84. The first-order valence-electron chi connectivity index (χ1n) is 6.61. The van der Waals surface area contributed by atoms with Crippen LogP contribution in [0.25, 0.3) is 0 Å². The number of anilines is 1. The highest BCUT2D eigenvalue weighted by Gasteiger charge is 2.41. The maximum Gasteiger partial charge on any atom is 0.230 e. The van der Waals surface area contributed by atoms with Crippen molar-refractivity contribution >= 4 is 27.7 Å². The summed E-state index contributed by atoms with van der Waals surface area (Å²) in [4.78, 5) is 18.4. The lowest BCUT2D eigenvalue weighted by molar-refractivity contribution is -0.138. The number of nitrogens with zero attached hydrogens (tertiary/aromatic N) is 2. The van der Waals surface area contributed by atoms with Crippen molar-refractivity contribution in [2.24, 2.45) is 5.41 Å². The Morgan fingerprint density at radius 2 is 2.11 bits per heavy atom. The van der Waals surface area contributed by atoms with Crippen molar-refractivity contribution in [2.45, 2.75) is 25.7 Å². The summed E-state index contributed by atoms with van der Waals surface area (Å²) in [6.07, 6.45) is 5.96. The van der Waals surface area contributed by atoms with Crippen LogP contribution in [0.3, 0.4) is 0 Å². The van der Waals surface area contributed by atoms with Crippen LogP contribution in [0.5, 0.6) is 0 Å². The van der Waals surface area contributed by atoms with Crippen LogP contribution >= 0.6 is 15.9 Å². The molecule has 1 aliphatic rings. The fourth-order valence-electron chi connectivity index (χ4n) is 2.73. The van der Waals surface area contributed by atoms with Crippen molar-refractivity contribution in [1.29, 1.82) is 0 Å². The molecule has 5 heteroatoms. The number of amides is 1. The minimum Gasteiger partial charge on any atom is -0.369 e. The van der Waals surface area contributed by atoms with E-state index in [1.165, 1.54) is 0 Å². The molecule has 0 aliphatic heterocycles. The van der Waals surface area contributed by atoms with Gasteiger partial charge in [0.05, 0.1) is 5.41 Å². The maximum absolute atomic E-state index is 12.4. The predicted octanol–water partition coefficient (Wildman–Crippen LogP) is 2.90. The van der Waals surface area contributed by atoms with Crippen molar-refractivity contribution in [3.63, 3.8) is 0 Å². The zero-order valence-corrected chi connectivity index (χ0v) is 13.0. The second-order valence-electron chi connectivity index (χ2n) is 5.40. The van der Waals surface area contributed by atoms with Crippen LogP contribution in [0.4, 0.5) is 5.82 Å². The summed E-state index contributed by atoms with van der Waals surface area (Å²) in [7, 11) is 3.67. The summed E-state index contributed by atoms with van der Waals surface area (Å²) in [5.74, 6) is 1.05. The molecule has 0 saturated heterocycles. The van der Waals surface area contributed by atoms with Gasteiger partial charge in [-0.25, -0.2) is 4.98 Å². The van der Waals surface area contributed by atoms with Crippen molar-refractivity contribution < 1.29 is 4.79 Å². The Bertz CT molecular complexity index is 439. The number of halogens is 1. The van der Waals surface area contributed by atoms with Crippen molar-refractivity contribution in [3.05, 3.63) is 22.8 Å². The molecule has 0 aromatic carbocycles. The van der Waals surface area contributed by atoms with Crippen LogP contribution in [0.2, 0.25) is 0 Å². The highest BCUT2D eigenvalue weighted by molar-refractivity contribution is 9.10. The van der Waals surface area contributed by atoms with E-state index in [0.29, 0.717) is 6.54 Å². The highest BCUT2D eigenvalue weighted by atomic mass is 79.9. The number of pyridine rings is 1. The third-order valence-corrected chi connectivity index (χ3v) is 4.22. The zero-order valence-electron chi connectivity index (χ0n) is 11.4. The SMILES string of the molecule is CN(C)C(=O)C1(CNc2ccc(Br)cn2)CCCC1. The average Bonchev–Trinajstić information content (AvgIpc) is 2.87. The summed E-state index contributed by atoms with van der Waals surface area (Å²) in [5.41, 5.74) is -0.252. The number of carbonyl (C=O) groups excluding carboxylic acids is 1. The fourth-order valence-corrected chi connectivity index (χ4v) is 2.97. The van der Waals surface area contributed by atoms with Gasteiger partial charge in [0, 0.05) is 31.3 Å². The fraction of sp³-hybridized carbons (Fsp3) is 0.571. The predicted molar refractivity (Wildman–Crippen MR) is 80.0 cm³/mol. The van der Waals surface area contributed by atoms with Gasteiger partial charge < -0.3 is 10.2 Å². The van der Waals surface area contributed by atoms with Gasteiger partial charge in [-0.2, -0.15) is 0 Å². The van der Waals surface area contributed by atoms with Crippen LogP contribution in [0.1, 0.15) is 25.7 Å². The third-order valence-electron chi connectivity index (χ3n) is 3.76. The summed E-state index contributed by atoms with van der Waals surface area (Å²) < 4.78 is 0.956. The van der Waals surface area contributed by atoms with E-state index < -0.39 is 0 Å². The van der Waals surface area contributed by atoms with E-state index in [1.54, 1.807) is 11.1 Å². The lowest BCUT2D eigenvalue weighted by Crippen LogP contribution is -2.43. The molecule has 1 N–H and O–H groups in total. The third kappa shape index (κ3) is 3.26. The van der Waals surface area contributed by atoms with Crippen LogP contribution in [-0.4, -0.2) is 36.4 Å². The monoisotopic (exact) mass is 325 g/mol. The van der Waals surface area contributed by atoms with Gasteiger partial charge in [-0.05, 0) is 40.9 Å². The van der Waals surface area contributed by atoms with Crippen molar-refractivity contribution in [3.8, 4) is 0 Å². The number of carbonyl (C=O) groups is 1. The number of aromatic nitrogens is 1. The summed E-state index contributed by atoms with van der Waals surface area (Å²) in [6, 6.07) is 3.87. The zero-order chi connectivity index (χ0) is 13.9. The minimum atomic E-state index is -0.252. The second-order valence-corrected chi connectivity index (χ2v) is 6.32. The molecular formula is C14H20BrN3O. The Balaban J connectivity index is 2.05. The first kappa shape index (κ1) is 14.3. The molecular weight excluding hydrogens is 306 g/mol. The molecule has 0 spiro atoms. The van der Waals surface area contributed by atoms with Gasteiger partial charge in [-0.1, -0.05) is 12.8 Å². The average molecular weight is 326 g/mol. The van der Waals surface area contributed by atoms with E-state index in [2.05, 4.69) is 26.2 Å². The molecule has 104 valence electrons. The highest BCUT2D eigenvalue weighted by Crippen LogP contribution is 2.39. The molecule has 1 aromatic rings. The molecule has 1 heterocycles. The Morgan fingerprint density at radius 3 is 2.63 bits per heavy atom. The quantitative estimate of drug-likeness (QED) is 0.925. The summed E-state index contributed by atoms with van der Waals surface area (Å²) in [5, 5.41) is 3.31. The van der Waals surface area contributed by atoms with Crippen molar-refractivity contribution in [1.82, 2.24) is 9.88 Å². The van der Waals surface area contributed by atoms with E-state index in [4.69, 9.17) is 0 Å². The van der Waals surface area contributed by atoms with Crippen LogP contribution in [-0.2, 0) is 4.79 Å². The van der Waals surface area contributed by atoms with Crippen LogP contribution < -0.4 is 5.32 Å². The van der Waals surface area contributed by atoms with E-state index in [-0.39, 0.29) is 11.3 Å². The largest absolute Gasteiger partial charge is 0.369 e. The number of rotatable bonds is 4. The number of nitrogens with one attached hydrogen (secondary N) is 1. The van der Waals surface area contributed by atoms with Gasteiger partial charge in [0.25, 0.3) is 0 Å². The van der Waals surface area contributed by atoms with Crippen LogP contribution in [0, 0.1) is 5.41 Å². The van der Waals surface area contributed by atoms with E-state index in [9.17, 15) is 4.79 Å². The van der Waals surface area contributed by atoms with E-state index >= 15 is 0 Å². The van der Waals surface area contributed by atoms with Gasteiger partial charge in [-0.3, -0.25) is 4.79 Å². The van der Waals surface area contributed by atoms with E-state index in [0.717, 1.165) is 36.0 Å². The lowest BCUT2D eigenvalue weighted by Gasteiger charge is -2.31. The molecule has 1 amide bonds. The summed E-state index contributed by atoms with van der Waals surface area (Å²) >= 11 is 3.36. The molecule has 0 radical (unpaired) electrons. The van der Waals surface area contributed by atoms with Gasteiger partial charge in [0.1, 0.15) is 5.82 Å². The van der Waals surface area contributed by atoms with Gasteiger partial charge in [0.15, 0.2) is 0 Å². The van der Waals surface area contributed by atoms with Crippen molar-refractivity contribution in [2.75, 3.05) is 26.0 Å². The molecule has 19 heavy (non-hydrogen) atoms. The standard InChI is InChI=1S/C14H20BrN3O/c1-18(2)13(19)14(7-3-4-8-14)10-17-12-6-5-11(15)9-16-12/h5-6,9H,3-4,7-8,10H2,1-2H3,(H,16,17). The van der Waals surface area contributed by atoms with E-state index in [1.807, 2.05) is 26.2 Å². The Labute approximate surface area is 122 Å².